The van der Waals surface area contributed by atoms with E-state index in [4.69, 9.17) is 10.4 Å². The van der Waals surface area contributed by atoms with Crippen molar-refractivity contribution in [2.24, 2.45) is 0 Å². The first-order chi connectivity index (χ1) is 14.3. The van der Waals surface area contributed by atoms with Gasteiger partial charge in [-0.15, -0.1) is 0 Å². The minimum atomic E-state index is -0.282. The Morgan fingerprint density at radius 1 is 1.10 bits per heavy atom. The third-order valence-electron chi connectivity index (χ3n) is 5.49. The Bertz CT molecular complexity index is 1090. The number of para-hydroxylation sites is 1. The van der Waals surface area contributed by atoms with Crippen molar-refractivity contribution in [3.8, 4) is 17.3 Å². The van der Waals surface area contributed by atoms with Gasteiger partial charge in [0.1, 0.15) is 6.17 Å². The van der Waals surface area contributed by atoms with Crippen LogP contribution >= 0.6 is 0 Å². The number of anilines is 1. The number of nitriles is 1. The van der Waals surface area contributed by atoms with Gasteiger partial charge in [-0.05, 0) is 25.0 Å². The summed E-state index contributed by atoms with van der Waals surface area (Å²) in [6.45, 7) is 0.525. The van der Waals surface area contributed by atoms with Crippen LogP contribution in [0, 0.1) is 11.3 Å². The van der Waals surface area contributed by atoms with Gasteiger partial charge in [0.25, 0.3) is 5.91 Å². The van der Waals surface area contributed by atoms with Gasteiger partial charge in [0, 0.05) is 29.1 Å². The lowest BCUT2D eigenvalue weighted by atomic mass is 10.0. The maximum atomic E-state index is 13.3. The molecule has 0 saturated heterocycles. The third-order valence-corrected chi connectivity index (χ3v) is 5.49. The van der Waals surface area contributed by atoms with Crippen molar-refractivity contribution >= 4 is 11.6 Å². The molecule has 1 saturated carbocycles. The second-order valence-corrected chi connectivity index (χ2v) is 7.51. The van der Waals surface area contributed by atoms with Gasteiger partial charge in [0.05, 0.1) is 30.3 Å². The number of carbonyl (C=O) groups is 1. The van der Waals surface area contributed by atoms with E-state index in [0.29, 0.717) is 18.5 Å². The van der Waals surface area contributed by atoms with Crippen molar-refractivity contribution in [2.75, 3.05) is 5.32 Å². The van der Waals surface area contributed by atoms with Gasteiger partial charge in [-0.3, -0.25) is 9.48 Å². The summed E-state index contributed by atoms with van der Waals surface area (Å²) in [5.74, 6) is 0.0654. The van der Waals surface area contributed by atoms with Crippen molar-refractivity contribution in [2.45, 2.75) is 38.0 Å². The number of nitrogens with one attached hydrogen (secondary N) is 1. The first-order valence-corrected chi connectivity index (χ1v) is 9.94. The van der Waals surface area contributed by atoms with Crippen LogP contribution in [0.25, 0.3) is 11.3 Å². The number of amides is 1. The summed E-state index contributed by atoms with van der Waals surface area (Å²) in [5.41, 5.74) is 4.38. The number of hydrogen-bond donors (Lipinski definition) is 1. The van der Waals surface area contributed by atoms with E-state index in [2.05, 4.69) is 11.4 Å². The SMILES string of the molecule is N#CCCn1cc(C2Nc3ccccc3C(=O)N2C2CC2)c(-c2ccccc2)n1. The van der Waals surface area contributed by atoms with Crippen molar-refractivity contribution in [1.82, 2.24) is 14.7 Å². The summed E-state index contributed by atoms with van der Waals surface area (Å²) in [5, 5.41) is 17.3. The van der Waals surface area contributed by atoms with Crippen molar-refractivity contribution in [3.63, 3.8) is 0 Å². The summed E-state index contributed by atoms with van der Waals surface area (Å²) in [6, 6.07) is 20.1. The van der Waals surface area contributed by atoms with Crippen molar-refractivity contribution in [3.05, 3.63) is 71.9 Å². The molecule has 6 heteroatoms. The highest BCUT2D eigenvalue weighted by Crippen LogP contribution is 2.42. The minimum Gasteiger partial charge on any atom is -0.361 e. The highest BCUT2D eigenvalue weighted by Gasteiger charge is 2.43. The van der Waals surface area contributed by atoms with E-state index >= 15 is 0 Å². The molecule has 2 heterocycles. The molecular formula is C23H21N5O. The molecule has 5 rings (SSSR count). The van der Waals surface area contributed by atoms with E-state index in [9.17, 15) is 4.79 Å². The van der Waals surface area contributed by atoms with Crippen LogP contribution < -0.4 is 5.32 Å². The van der Waals surface area contributed by atoms with Gasteiger partial charge >= 0.3 is 0 Å². The zero-order valence-electron chi connectivity index (χ0n) is 16.0. The molecule has 1 amide bonds. The normalized spacial score (nSPS) is 18.1. The molecule has 6 nitrogen and oxygen atoms in total. The largest absolute Gasteiger partial charge is 0.361 e. The van der Waals surface area contributed by atoms with E-state index in [1.54, 1.807) is 0 Å². The molecule has 29 heavy (non-hydrogen) atoms. The number of aryl methyl sites for hydroxylation is 1. The van der Waals surface area contributed by atoms with Gasteiger partial charge in [-0.2, -0.15) is 10.4 Å². The highest BCUT2D eigenvalue weighted by atomic mass is 16.2. The first kappa shape index (κ1) is 17.5. The predicted octanol–water partition coefficient (Wildman–Crippen LogP) is 4.19. The van der Waals surface area contributed by atoms with Crippen LogP contribution in [0.2, 0.25) is 0 Å². The molecule has 2 aliphatic rings. The number of aromatic nitrogens is 2. The fraction of sp³-hybridized carbons (Fsp3) is 0.261. The maximum absolute atomic E-state index is 13.3. The number of carbonyl (C=O) groups excluding carboxylic acids is 1. The molecule has 1 aliphatic heterocycles. The monoisotopic (exact) mass is 383 g/mol. The number of hydrogen-bond acceptors (Lipinski definition) is 4. The van der Waals surface area contributed by atoms with Crippen LogP contribution in [0.15, 0.2) is 60.8 Å². The maximum Gasteiger partial charge on any atom is 0.258 e. The van der Waals surface area contributed by atoms with Gasteiger partial charge in [0.2, 0.25) is 0 Å². The molecule has 1 aliphatic carbocycles. The summed E-state index contributed by atoms with van der Waals surface area (Å²) < 4.78 is 1.82. The number of nitrogens with zero attached hydrogens (tertiary/aromatic N) is 4. The average Bonchev–Trinajstić information content (AvgIpc) is 3.51. The smallest absolute Gasteiger partial charge is 0.258 e. The van der Waals surface area contributed by atoms with Crippen LogP contribution in [0.4, 0.5) is 5.69 Å². The van der Waals surface area contributed by atoms with Crippen molar-refractivity contribution < 1.29 is 4.79 Å². The van der Waals surface area contributed by atoms with Crippen LogP contribution in [0.5, 0.6) is 0 Å². The summed E-state index contributed by atoms with van der Waals surface area (Å²) in [6.07, 6.45) is 4.14. The topological polar surface area (TPSA) is 74.0 Å². The Kier molecular flexibility index (Phi) is 4.28. The molecule has 1 aromatic heterocycles. The molecular weight excluding hydrogens is 362 g/mol. The molecule has 2 aromatic carbocycles. The van der Waals surface area contributed by atoms with E-state index < -0.39 is 0 Å². The second-order valence-electron chi connectivity index (χ2n) is 7.51. The van der Waals surface area contributed by atoms with Gasteiger partial charge < -0.3 is 10.2 Å². The first-order valence-electron chi connectivity index (χ1n) is 9.94. The van der Waals surface area contributed by atoms with Gasteiger partial charge in [0.15, 0.2) is 0 Å². The van der Waals surface area contributed by atoms with Crippen LogP contribution in [0.1, 0.15) is 41.3 Å². The zero-order chi connectivity index (χ0) is 19.8. The molecule has 0 bridgehead atoms. The highest BCUT2D eigenvalue weighted by molar-refractivity contribution is 6.02. The fourth-order valence-electron chi connectivity index (χ4n) is 3.96. The molecule has 0 spiro atoms. The van der Waals surface area contributed by atoms with E-state index in [1.807, 2.05) is 70.4 Å². The quantitative estimate of drug-likeness (QED) is 0.717. The summed E-state index contributed by atoms with van der Waals surface area (Å²) >= 11 is 0. The number of benzene rings is 2. The zero-order valence-corrected chi connectivity index (χ0v) is 16.0. The van der Waals surface area contributed by atoms with Crippen molar-refractivity contribution in [1.29, 1.82) is 5.26 Å². The summed E-state index contributed by atoms with van der Waals surface area (Å²) in [4.78, 5) is 15.3. The lowest BCUT2D eigenvalue weighted by Crippen LogP contribution is -2.44. The number of fused-ring (bicyclic) bond motifs is 1. The molecule has 1 N–H and O–H groups in total. The Hall–Kier alpha value is -3.59. The lowest BCUT2D eigenvalue weighted by molar-refractivity contribution is 0.0667. The van der Waals surface area contributed by atoms with Crippen LogP contribution in [-0.2, 0) is 6.54 Å². The predicted molar refractivity (Wildman–Crippen MR) is 110 cm³/mol. The summed E-state index contributed by atoms with van der Waals surface area (Å²) in [7, 11) is 0. The third kappa shape index (κ3) is 3.15. The Labute approximate surface area is 169 Å². The van der Waals surface area contributed by atoms with E-state index in [-0.39, 0.29) is 18.1 Å². The molecule has 1 atom stereocenters. The van der Waals surface area contributed by atoms with E-state index in [1.165, 1.54) is 0 Å². The minimum absolute atomic E-state index is 0.0654. The Balaban J connectivity index is 1.62. The lowest BCUT2D eigenvalue weighted by Gasteiger charge is -2.38. The molecule has 0 radical (unpaired) electrons. The van der Waals surface area contributed by atoms with Crippen LogP contribution in [-0.4, -0.2) is 26.6 Å². The van der Waals surface area contributed by atoms with Gasteiger partial charge in [-0.1, -0.05) is 42.5 Å². The second kappa shape index (κ2) is 7.10. The fourth-order valence-corrected chi connectivity index (χ4v) is 3.96. The molecule has 1 fully saturated rings. The molecule has 144 valence electrons. The Morgan fingerprint density at radius 2 is 1.86 bits per heavy atom. The Morgan fingerprint density at radius 3 is 2.62 bits per heavy atom. The standard InChI is InChI=1S/C23H21N5O/c24-13-6-14-27-15-19(21(26-27)16-7-2-1-3-8-16)22-25-20-10-5-4-9-18(20)23(29)28(22)17-11-12-17/h1-5,7-10,15,17,22,25H,6,11-12,14H2. The molecule has 3 aromatic rings. The average molecular weight is 383 g/mol. The van der Waals surface area contributed by atoms with Gasteiger partial charge in [-0.25, -0.2) is 0 Å². The van der Waals surface area contributed by atoms with Crippen LogP contribution in [0.3, 0.4) is 0 Å². The van der Waals surface area contributed by atoms with E-state index in [0.717, 1.165) is 35.3 Å². The number of rotatable bonds is 5. The molecule has 1 unspecified atom stereocenters.